The summed E-state index contributed by atoms with van der Waals surface area (Å²) in [4.78, 5) is 1.70. The Bertz CT molecular complexity index is 2000. The first-order chi connectivity index (χ1) is 22.1. The Morgan fingerprint density at radius 3 is 1.11 bits per heavy atom. The highest BCUT2D eigenvalue weighted by Crippen LogP contribution is 2.63. The summed E-state index contributed by atoms with van der Waals surface area (Å²) in [5, 5.41) is 0. The van der Waals surface area contributed by atoms with E-state index in [1.807, 2.05) is 54.6 Å². The van der Waals surface area contributed by atoms with E-state index in [1.54, 1.807) is 4.90 Å². The first-order valence-corrected chi connectivity index (χ1v) is 14.7. The van der Waals surface area contributed by atoms with Crippen LogP contribution < -0.4 is 4.90 Å². The summed E-state index contributed by atoms with van der Waals surface area (Å²) >= 11 is 0. The quantitative estimate of drug-likeness (QED) is 0.178. The largest absolute Gasteiger partial charge is 0.416 e. The van der Waals surface area contributed by atoms with E-state index in [9.17, 15) is 26.3 Å². The van der Waals surface area contributed by atoms with Crippen LogP contribution >= 0.6 is 0 Å². The molecule has 1 nitrogen and oxygen atoms in total. The standard InChI is InChI=1S/C39H23F6N/c40-38(41,42)24-13-17-26(18-14-24)46(27-19-15-25(16-20-27)39(43,44)45)28-21-22-32-31-9-3-6-12-35(31)37(36(32)23-28)33-10-4-1-7-29(33)30-8-2-5-11-34(30)37/h1-23H. The number of halogens is 6. The van der Waals surface area contributed by atoms with Crippen LogP contribution in [0.4, 0.5) is 43.4 Å². The number of fused-ring (bicyclic) bond motifs is 10. The minimum atomic E-state index is -4.54. The summed E-state index contributed by atoms with van der Waals surface area (Å²) in [5.41, 5.74) is 7.76. The lowest BCUT2D eigenvalue weighted by Gasteiger charge is -2.32. The molecular formula is C39H23F6N. The van der Waals surface area contributed by atoms with E-state index in [0.717, 1.165) is 68.8 Å². The number of alkyl halides is 6. The minimum Gasteiger partial charge on any atom is -0.310 e. The van der Waals surface area contributed by atoms with Crippen molar-refractivity contribution in [1.82, 2.24) is 0 Å². The van der Waals surface area contributed by atoms with Gasteiger partial charge >= 0.3 is 12.4 Å². The van der Waals surface area contributed by atoms with Gasteiger partial charge in [0.05, 0.1) is 16.5 Å². The zero-order chi connectivity index (χ0) is 31.8. The Morgan fingerprint density at radius 1 is 0.370 bits per heavy atom. The Kier molecular flexibility index (Phi) is 6.04. The molecule has 0 aromatic heterocycles. The van der Waals surface area contributed by atoms with Gasteiger partial charge in [-0.2, -0.15) is 26.3 Å². The van der Waals surface area contributed by atoms with Crippen molar-refractivity contribution in [2.24, 2.45) is 0 Å². The Morgan fingerprint density at radius 2 is 0.717 bits per heavy atom. The van der Waals surface area contributed by atoms with E-state index in [1.165, 1.54) is 24.3 Å². The molecular weight excluding hydrogens is 596 g/mol. The molecule has 0 fully saturated rings. The predicted molar refractivity (Wildman–Crippen MR) is 167 cm³/mol. The highest BCUT2D eigenvalue weighted by Gasteiger charge is 2.51. The Balaban J connectivity index is 1.38. The molecule has 8 rings (SSSR count). The maximum Gasteiger partial charge on any atom is 0.416 e. The summed E-state index contributed by atoms with van der Waals surface area (Å²) in [6.45, 7) is 0. The lowest BCUT2D eigenvalue weighted by atomic mass is 9.70. The van der Waals surface area contributed by atoms with Crippen molar-refractivity contribution in [2.75, 3.05) is 4.90 Å². The minimum absolute atomic E-state index is 0.379. The van der Waals surface area contributed by atoms with Crippen LogP contribution in [0, 0.1) is 0 Å². The van der Waals surface area contributed by atoms with E-state index in [-0.39, 0.29) is 0 Å². The molecule has 0 radical (unpaired) electrons. The van der Waals surface area contributed by atoms with Gasteiger partial charge in [-0.25, -0.2) is 0 Å². The van der Waals surface area contributed by atoms with Gasteiger partial charge in [-0.3, -0.25) is 0 Å². The third-order valence-corrected chi connectivity index (χ3v) is 9.14. The summed E-state index contributed by atoms with van der Waals surface area (Å²) in [5.74, 6) is 0. The molecule has 0 unspecified atom stereocenters. The predicted octanol–water partition coefficient (Wildman–Crippen LogP) is 11.5. The highest BCUT2D eigenvalue weighted by atomic mass is 19.4. The van der Waals surface area contributed by atoms with Crippen molar-refractivity contribution in [2.45, 2.75) is 17.8 Å². The SMILES string of the molecule is FC(F)(F)c1ccc(N(c2ccc(C(F)(F)F)cc2)c2ccc3c(c2)C2(c4ccccc4-c4ccccc42)c2ccccc2-3)cc1. The average molecular weight is 620 g/mol. The zero-order valence-electron chi connectivity index (χ0n) is 24.0. The molecule has 226 valence electrons. The molecule has 2 aliphatic rings. The Hall–Kier alpha value is -5.30. The van der Waals surface area contributed by atoms with E-state index >= 15 is 0 Å². The number of nitrogens with zero attached hydrogens (tertiary/aromatic N) is 1. The molecule has 1 spiro atoms. The number of hydrogen-bond donors (Lipinski definition) is 0. The van der Waals surface area contributed by atoms with E-state index in [0.29, 0.717) is 17.1 Å². The second-order valence-electron chi connectivity index (χ2n) is 11.5. The lowest BCUT2D eigenvalue weighted by molar-refractivity contribution is -0.138. The van der Waals surface area contributed by atoms with Gasteiger partial charge in [-0.15, -0.1) is 0 Å². The molecule has 0 saturated heterocycles. The molecule has 0 atom stereocenters. The zero-order valence-corrected chi connectivity index (χ0v) is 24.0. The fourth-order valence-electron chi connectivity index (χ4n) is 7.27. The van der Waals surface area contributed by atoms with E-state index in [2.05, 4.69) is 36.4 Å². The smallest absolute Gasteiger partial charge is 0.310 e. The Labute approximate surface area is 261 Å². The van der Waals surface area contributed by atoms with Gasteiger partial charge < -0.3 is 4.90 Å². The van der Waals surface area contributed by atoms with Crippen LogP contribution in [0.1, 0.15) is 33.4 Å². The maximum absolute atomic E-state index is 13.5. The third-order valence-electron chi connectivity index (χ3n) is 9.14. The first-order valence-electron chi connectivity index (χ1n) is 14.7. The molecule has 0 saturated carbocycles. The first kappa shape index (κ1) is 28.2. The van der Waals surface area contributed by atoms with Crippen molar-refractivity contribution >= 4 is 17.1 Å². The topological polar surface area (TPSA) is 3.24 Å². The van der Waals surface area contributed by atoms with Crippen molar-refractivity contribution in [3.8, 4) is 22.3 Å². The summed E-state index contributed by atoms with van der Waals surface area (Å²) in [6, 6.07) is 40.1. The second-order valence-corrected chi connectivity index (χ2v) is 11.5. The monoisotopic (exact) mass is 619 g/mol. The van der Waals surface area contributed by atoms with Gasteiger partial charge in [0.15, 0.2) is 0 Å². The van der Waals surface area contributed by atoms with Crippen molar-refractivity contribution in [1.29, 1.82) is 0 Å². The van der Waals surface area contributed by atoms with Crippen LogP contribution in [0.25, 0.3) is 22.3 Å². The molecule has 0 aliphatic heterocycles. The van der Waals surface area contributed by atoms with Crippen molar-refractivity contribution in [3.63, 3.8) is 0 Å². The lowest BCUT2D eigenvalue weighted by Crippen LogP contribution is -2.26. The molecule has 0 bridgehead atoms. The van der Waals surface area contributed by atoms with Crippen molar-refractivity contribution in [3.05, 3.63) is 173 Å². The van der Waals surface area contributed by atoms with Crippen LogP contribution in [-0.2, 0) is 17.8 Å². The van der Waals surface area contributed by atoms with E-state index < -0.39 is 28.9 Å². The third kappa shape index (κ3) is 4.04. The van der Waals surface area contributed by atoms with Crippen LogP contribution in [-0.4, -0.2) is 0 Å². The number of rotatable bonds is 3. The maximum atomic E-state index is 13.5. The molecule has 7 heteroatoms. The van der Waals surface area contributed by atoms with Crippen LogP contribution in [0.2, 0.25) is 0 Å². The van der Waals surface area contributed by atoms with Gasteiger partial charge in [0.2, 0.25) is 0 Å². The van der Waals surface area contributed by atoms with Crippen LogP contribution in [0.5, 0.6) is 0 Å². The molecule has 0 heterocycles. The fraction of sp³-hybridized carbons (Fsp3) is 0.0769. The molecule has 6 aromatic rings. The molecule has 6 aromatic carbocycles. The average Bonchev–Trinajstić information content (AvgIpc) is 3.52. The number of hydrogen-bond acceptors (Lipinski definition) is 1. The van der Waals surface area contributed by atoms with Crippen LogP contribution in [0.15, 0.2) is 140 Å². The van der Waals surface area contributed by atoms with Gasteiger partial charge in [-0.05, 0) is 105 Å². The van der Waals surface area contributed by atoms with Gasteiger partial charge in [0, 0.05) is 17.1 Å². The number of benzene rings is 6. The summed E-state index contributed by atoms with van der Waals surface area (Å²) in [6.07, 6.45) is -9.07. The molecule has 46 heavy (non-hydrogen) atoms. The van der Waals surface area contributed by atoms with E-state index in [4.69, 9.17) is 0 Å². The van der Waals surface area contributed by atoms with Gasteiger partial charge in [0.25, 0.3) is 0 Å². The van der Waals surface area contributed by atoms with Crippen LogP contribution in [0.3, 0.4) is 0 Å². The van der Waals surface area contributed by atoms with Gasteiger partial charge in [0.1, 0.15) is 0 Å². The highest BCUT2D eigenvalue weighted by molar-refractivity contribution is 5.96. The van der Waals surface area contributed by atoms with Crippen molar-refractivity contribution < 1.29 is 26.3 Å². The fourth-order valence-corrected chi connectivity index (χ4v) is 7.27. The normalized spacial score (nSPS) is 14.0. The molecule has 0 amide bonds. The summed E-state index contributed by atoms with van der Waals surface area (Å²) < 4.78 is 81.0. The molecule has 0 N–H and O–H groups in total. The second kappa shape index (κ2) is 9.85. The summed E-state index contributed by atoms with van der Waals surface area (Å²) in [7, 11) is 0. The van der Waals surface area contributed by atoms with Gasteiger partial charge in [-0.1, -0.05) is 78.9 Å². The number of anilines is 3. The molecule has 2 aliphatic carbocycles.